The van der Waals surface area contributed by atoms with Gasteiger partial charge in [0.1, 0.15) is 6.54 Å². The first kappa shape index (κ1) is 15.5. The Balaban J connectivity index is 2.57. The topological polar surface area (TPSA) is 83.9 Å². The van der Waals surface area contributed by atoms with Gasteiger partial charge in [-0.05, 0) is 19.8 Å². The molecule has 1 saturated carbocycles. The van der Waals surface area contributed by atoms with E-state index in [1.807, 2.05) is 0 Å². The van der Waals surface area contributed by atoms with Gasteiger partial charge < -0.3 is 14.7 Å². The first-order valence-electron chi connectivity index (χ1n) is 6.54. The molecule has 1 N–H and O–H groups in total. The maximum atomic E-state index is 12.0. The van der Waals surface area contributed by atoms with Gasteiger partial charge in [0.05, 0.1) is 12.0 Å². The zero-order valence-corrected chi connectivity index (χ0v) is 11.5. The third-order valence-corrected chi connectivity index (χ3v) is 3.60. The summed E-state index contributed by atoms with van der Waals surface area (Å²) in [7, 11) is 1.49. The molecule has 0 aromatic rings. The van der Waals surface area contributed by atoms with Crippen LogP contribution in [0.5, 0.6) is 0 Å². The van der Waals surface area contributed by atoms with Crippen molar-refractivity contribution in [3.05, 3.63) is 0 Å². The maximum Gasteiger partial charge on any atom is 0.325 e. The number of esters is 1. The van der Waals surface area contributed by atoms with Gasteiger partial charge in [-0.25, -0.2) is 0 Å². The summed E-state index contributed by atoms with van der Waals surface area (Å²) in [4.78, 5) is 35.9. The fourth-order valence-corrected chi connectivity index (χ4v) is 2.43. The van der Waals surface area contributed by atoms with Gasteiger partial charge in [0, 0.05) is 13.5 Å². The number of ether oxygens (including phenoxy) is 1. The van der Waals surface area contributed by atoms with E-state index in [1.165, 1.54) is 11.9 Å². The molecule has 0 aromatic carbocycles. The second-order valence-electron chi connectivity index (χ2n) is 5.02. The normalized spacial score (nSPS) is 16.9. The lowest BCUT2D eigenvalue weighted by Gasteiger charge is -2.25. The molecule has 1 rings (SSSR count). The van der Waals surface area contributed by atoms with E-state index < -0.39 is 17.4 Å². The number of carboxylic acid groups (broad SMARTS) is 1. The zero-order chi connectivity index (χ0) is 14.5. The third kappa shape index (κ3) is 3.94. The van der Waals surface area contributed by atoms with Gasteiger partial charge >= 0.3 is 11.9 Å². The van der Waals surface area contributed by atoms with Crippen LogP contribution >= 0.6 is 0 Å². The lowest BCUT2D eigenvalue weighted by molar-refractivity contribution is -0.154. The smallest absolute Gasteiger partial charge is 0.325 e. The number of likely N-dealkylation sites (N-methyl/N-ethyl adjacent to an activating group) is 1. The van der Waals surface area contributed by atoms with E-state index in [9.17, 15) is 19.5 Å². The predicted molar refractivity (Wildman–Crippen MR) is 67.4 cm³/mol. The molecule has 0 unspecified atom stereocenters. The van der Waals surface area contributed by atoms with Gasteiger partial charge in [0.15, 0.2) is 0 Å². The van der Waals surface area contributed by atoms with Crippen molar-refractivity contribution >= 4 is 17.8 Å². The van der Waals surface area contributed by atoms with Gasteiger partial charge in [-0.3, -0.25) is 14.4 Å². The van der Waals surface area contributed by atoms with Crippen LogP contribution in [0.2, 0.25) is 0 Å². The average Bonchev–Trinajstić information content (AvgIpc) is 2.79. The molecule has 0 aliphatic heterocycles. The van der Waals surface area contributed by atoms with Crippen molar-refractivity contribution in [3.63, 3.8) is 0 Å². The molecule has 0 aromatic heterocycles. The number of carbonyl (C=O) groups is 3. The molecule has 108 valence electrons. The standard InChI is InChI=1S/C13H21NO5/c1-3-19-11(16)9-14(2)10(15)8-13(12(17)18)6-4-5-7-13/h3-9H2,1-2H3,(H,17,18). The van der Waals surface area contributed by atoms with Crippen LogP contribution in [0.4, 0.5) is 0 Å². The van der Waals surface area contributed by atoms with Crippen LogP contribution in [0.3, 0.4) is 0 Å². The molecule has 0 bridgehead atoms. The number of nitrogens with zero attached hydrogens (tertiary/aromatic N) is 1. The first-order chi connectivity index (χ1) is 8.91. The summed E-state index contributed by atoms with van der Waals surface area (Å²) in [5.74, 6) is -1.71. The number of carbonyl (C=O) groups excluding carboxylic acids is 2. The molecule has 1 amide bonds. The maximum absolute atomic E-state index is 12.0. The van der Waals surface area contributed by atoms with Gasteiger partial charge in [0.25, 0.3) is 0 Å². The lowest BCUT2D eigenvalue weighted by Crippen LogP contribution is -2.39. The second kappa shape index (κ2) is 6.54. The molecule has 0 radical (unpaired) electrons. The summed E-state index contributed by atoms with van der Waals surface area (Å²) in [5.41, 5.74) is -0.944. The number of rotatable bonds is 6. The Bertz CT molecular complexity index is 360. The van der Waals surface area contributed by atoms with Gasteiger partial charge in [-0.1, -0.05) is 12.8 Å². The quantitative estimate of drug-likeness (QED) is 0.730. The Morgan fingerprint density at radius 3 is 2.32 bits per heavy atom. The number of hydrogen-bond acceptors (Lipinski definition) is 4. The molecule has 0 saturated heterocycles. The largest absolute Gasteiger partial charge is 0.481 e. The highest BCUT2D eigenvalue weighted by Crippen LogP contribution is 2.41. The van der Waals surface area contributed by atoms with Crippen molar-refractivity contribution in [3.8, 4) is 0 Å². The second-order valence-corrected chi connectivity index (χ2v) is 5.02. The Labute approximate surface area is 112 Å². The fourth-order valence-electron chi connectivity index (χ4n) is 2.43. The van der Waals surface area contributed by atoms with Crippen molar-refractivity contribution in [2.24, 2.45) is 5.41 Å². The molecular weight excluding hydrogens is 250 g/mol. The van der Waals surface area contributed by atoms with Crippen LogP contribution in [0, 0.1) is 5.41 Å². The number of hydrogen-bond donors (Lipinski definition) is 1. The van der Waals surface area contributed by atoms with E-state index in [2.05, 4.69) is 0 Å². The van der Waals surface area contributed by atoms with E-state index >= 15 is 0 Å². The van der Waals surface area contributed by atoms with E-state index in [0.29, 0.717) is 12.8 Å². The van der Waals surface area contributed by atoms with Crippen LogP contribution in [-0.2, 0) is 19.1 Å². The molecule has 1 aliphatic rings. The third-order valence-electron chi connectivity index (χ3n) is 3.60. The Hall–Kier alpha value is -1.59. The molecule has 1 fully saturated rings. The van der Waals surface area contributed by atoms with Gasteiger partial charge in [0.2, 0.25) is 5.91 Å². The first-order valence-corrected chi connectivity index (χ1v) is 6.54. The highest BCUT2D eigenvalue weighted by molar-refractivity contribution is 5.87. The van der Waals surface area contributed by atoms with E-state index in [0.717, 1.165) is 12.8 Å². The Kier molecular flexibility index (Phi) is 5.32. The summed E-state index contributed by atoms with van der Waals surface area (Å²) in [6.45, 7) is 1.82. The van der Waals surface area contributed by atoms with Crippen molar-refractivity contribution in [2.45, 2.75) is 39.0 Å². The molecule has 1 aliphatic carbocycles. The minimum atomic E-state index is -0.944. The minimum Gasteiger partial charge on any atom is -0.481 e. The van der Waals surface area contributed by atoms with Crippen molar-refractivity contribution in [1.82, 2.24) is 4.90 Å². The molecule has 6 nitrogen and oxygen atoms in total. The summed E-state index contributed by atoms with van der Waals surface area (Å²) in [6.07, 6.45) is 2.68. The summed E-state index contributed by atoms with van der Waals surface area (Å²) < 4.78 is 4.76. The SMILES string of the molecule is CCOC(=O)CN(C)C(=O)CC1(C(=O)O)CCCC1. The molecule has 0 heterocycles. The van der Waals surface area contributed by atoms with Crippen LogP contribution in [0.25, 0.3) is 0 Å². The fraction of sp³-hybridized carbons (Fsp3) is 0.769. The van der Waals surface area contributed by atoms with Gasteiger partial charge in [-0.15, -0.1) is 0 Å². The van der Waals surface area contributed by atoms with E-state index in [1.54, 1.807) is 6.92 Å². The van der Waals surface area contributed by atoms with Crippen LogP contribution in [0.15, 0.2) is 0 Å². The minimum absolute atomic E-state index is 0.0434. The van der Waals surface area contributed by atoms with Crippen molar-refractivity contribution < 1.29 is 24.2 Å². The Morgan fingerprint density at radius 2 is 1.84 bits per heavy atom. The molecule has 0 spiro atoms. The zero-order valence-electron chi connectivity index (χ0n) is 11.5. The van der Waals surface area contributed by atoms with Crippen LogP contribution in [-0.4, -0.2) is 48.1 Å². The van der Waals surface area contributed by atoms with Crippen LogP contribution in [0.1, 0.15) is 39.0 Å². The highest BCUT2D eigenvalue weighted by atomic mass is 16.5. The number of aliphatic carboxylic acids is 1. The Morgan fingerprint density at radius 1 is 1.26 bits per heavy atom. The van der Waals surface area contributed by atoms with Crippen molar-refractivity contribution in [2.75, 3.05) is 20.2 Å². The molecule has 19 heavy (non-hydrogen) atoms. The monoisotopic (exact) mass is 271 g/mol. The molecular formula is C13H21NO5. The number of carboxylic acids is 1. The predicted octanol–water partition coefficient (Wildman–Crippen LogP) is 1.04. The molecule has 6 heteroatoms. The van der Waals surface area contributed by atoms with Crippen LogP contribution < -0.4 is 0 Å². The van der Waals surface area contributed by atoms with Crippen molar-refractivity contribution in [1.29, 1.82) is 0 Å². The highest BCUT2D eigenvalue weighted by Gasteiger charge is 2.43. The summed E-state index contributed by atoms with van der Waals surface area (Å²) in [5, 5.41) is 9.30. The average molecular weight is 271 g/mol. The lowest BCUT2D eigenvalue weighted by atomic mass is 9.82. The van der Waals surface area contributed by atoms with E-state index in [-0.39, 0.29) is 25.5 Å². The number of amides is 1. The summed E-state index contributed by atoms with van der Waals surface area (Å²) in [6, 6.07) is 0. The molecule has 0 atom stereocenters. The van der Waals surface area contributed by atoms with E-state index in [4.69, 9.17) is 4.74 Å². The summed E-state index contributed by atoms with van der Waals surface area (Å²) >= 11 is 0. The van der Waals surface area contributed by atoms with Gasteiger partial charge in [-0.2, -0.15) is 0 Å².